The van der Waals surface area contributed by atoms with Gasteiger partial charge in [-0.1, -0.05) is 12.1 Å². The Morgan fingerprint density at radius 2 is 1.88 bits per heavy atom. The number of H-pyrrole nitrogens is 1. The van der Waals surface area contributed by atoms with Crippen molar-refractivity contribution in [2.24, 2.45) is 0 Å². The van der Waals surface area contributed by atoms with Crippen molar-refractivity contribution in [3.8, 4) is 0 Å². The predicted molar refractivity (Wildman–Crippen MR) is 97.8 cm³/mol. The lowest BCUT2D eigenvalue weighted by Crippen LogP contribution is -2.49. The highest BCUT2D eigenvalue weighted by Gasteiger charge is 2.23. The molecule has 1 aromatic carbocycles. The molecule has 2 heterocycles. The first-order valence-electron chi connectivity index (χ1n) is 8.79. The molecule has 0 aliphatic carbocycles. The van der Waals surface area contributed by atoms with Gasteiger partial charge in [-0.3, -0.25) is 9.59 Å². The Morgan fingerprint density at radius 1 is 1.19 bits per heavy atom. The van der Waals surface area contributed by atoms with Crippen molar-refractivity contribution >= 4 is 11.6 Å². The lowest BCUT2D eigenvalue weighted by molar-refractivity contribution is -0.131. The van der Waals surface area contributed by atoms with Gasteiger partial charge in [-0.25, -0.2) is 9.37 Å². The maximum absolute atomic E-state index is 13.9. The Balaban J connectivity index is 1.56. The molecule has 138 valence electrons. The number of piperazine rings is 1. The van der Waals surface area contributed by atoms with Crippen LogP contribution in [0.5, 0.6) is 0 Å². The maximum Gasteiger partial charge on any atom is 0.254 e. The number of nitrogens with zero attached hydrogens (tertiary/aromatic N) is 3. The molecule has 1 amide bonds. The zero-order chi connectivity index (χ0) is 18.7. The van der Waals surface area contributed by atoms with Gasteiger partial charge in [0.15, 0.2) is 0 Å². The van der Waals surface area contributed by atoms with Gasteiger partial charge in [-0.2, -0.15) is 0 Å². The lowest BCUT2D eigenvalue weighted by Gasteiger charge is -2.36. The van der Waals surface area contributed by atoms with Crippen molar-refractivity contribution in [1.82, 2.24) is 14.9 Å². The highest BCUT2D eigenvalue weighted by Crippen LogP contribution is 2.20. The van der Waals surface area contributed by atoms with Crippen LogP contribution in [0.15, 0.2) is 29.1 Å². The summed E-state index contributed by atoms with van der Waals surface area (Å²) in [6, 6.07) is 6.68. The fraction of sp³-hybridized carbons (Fsp3) is 0.421. The molecule has 1 aromatic heterocycles. The first kappa shape index (κ1) is 18.1. The summed E-state index contributed by atoms with van der Waals surface area (Å²) in [6.45, 7) is 5.81. The molecule has 1 saturated heterocycles. The quantitative estimate of drug-likeness (QED) is 0.905. The zero-order valence-corrected chi connectivity index (χ0v) is 15.1. The van der Waals surface area contributed by atoms with E-state index in [2.05, 4.69) is 9.97 Å². The summed E-state index contributed by atoms with van der Waals surface area (Å²) in [4.78, 5) is 35.2. The molecule has 26 heavy (non-hydrogen) atoms. The Kier molecular flexibility index (Phi) is 5.35. The number of carbonyl (C=O) groups is 1. The van der Waals surface area contributed by atoms with Crippen LogP contribution in [0.3, 0.4) is 0 Å². The topological polar surface area (TPSA) is 69.3 Å². The number of hydrogen-bond donors (Lipinski definition) is 1. The van der Waals surface area contributed by atoms with Crippen LogP contribution in [0.2, 0.25) is 0 Å². The molecule has 1 aliphatic heterocycles. The average molecular weight is 358 g/mol. The summed E-state index contributed by atoms with van der Waals surface area (Å²) in [5, 5.41) is 0. The third kappa shape index (κ3) is 3.92. The second-order valence-electron chi connectivity index (χ2n) is 6.53. The maximum atomic E-state index is 13.9. The first-order valence-corrected chi connectivity index (χ1v) is 8.79. The molecule has 6 nitrogen and oxygen atoms in total. The number of benzene rings is 1. The molecule has 1 N–H and O–H groups in total. The van der Waals surface area contributed by atoms with Crippen LogP contribution < -0.4 is 10.5 Å². The highest BCUT2D eigenvalue weighted by molar-refractivity contribution is 5.76. The molecule has 7 heteroatoms. The van der Waals surface area contributed by atoms with Crippen molar-refractivity contribution in [2.45, 2.75) is 26.7 Å². The van der Waals surface area contributed by atoms with E-state index in [1.807, 2.05) is 11.0 Å². The number of aryl methyl sites for hydroxylation is 2. The van der Waals surface area contributed by atoms with Gasteiger partial charge < -0.3 is 14.8 Å². The van der Waals surface area contributed by atoms with Crippen LogP contribution in [-0.4, -0.2) is 47.0 Å². The van der Waals surface area contributed by atoms with Crippen molar-refractivity contribution in [3.63, 3.8) is 0 Å². The van der Waals surface area contributed by atoms with E-state index in [1.54, 1.807) is 30.9 Å². The van der Waals surface area contributed by atoms with Gasteiger partial charge in [0.1, 0.15) is 11.6 Å². The Morgan fingerprint density at radius 3 is 2.54 bits per heavy atom. The van der Waals surface area contributed by atoms with Crippen LogP contribution in [0.1, 0.15) is 23.5 Å². The van der Waals surface area contributed by atoms with Crippen LogP contribution in [-0.2, 0) is 11.2 Å². The van der Waals surface area contributed by atoms with Crippen molar-refractivity contribution in [2.75, 3.05) is 31.1 Å². The van der Waals surface area contributed by atoms with Crippen molar-refractivity contribution in [3.05, 3.63) is 57.5 Å². The number of aromatic amines is 1. The summed E-state index contributed by atoms with van der Waals surface area (Å²) >= 11 is 0. The number of halogens is 1. The SMILES string of the molecule is Cc1nc(C)c(CCC(=O)N2CCN(c3ccccc3F)CC2)c(=O)[nH]1. The van der Waals surface area contributed by atoms with Gasteiger partial charge in [-0.05, 0) is 32.4 Å². The second-order valence-corrected chi connectivity index (χ2v) is 6.53. The number of nitrogens with one attached hydrogen (secondary N) is 1. The van der Waals surface area contributed by atoms with Gasteiger partial charge in [0, 0.05) is 43.9 Å². The van der Waals surface area contributed by atoms with Gasteiger partial charge >= 0.3 is 0 Å². The van der Waals surface area contributed by atoms with E-state index < -0.39 is 0 Å². The number of anilines is 1. The van der Waals surface area contributed by atoms with E-state index >= 15 is 0 Å². The molecule has 3 rings (SSSR count). The number of aromatic nitrogens is 2. The molecule has 1 aliphatic rings. The van der Waals surface area contributed by atoms with E-state index in [4.69, 9.17) is 0 Å². The number of rotatable bonds is 4. The number of carbonyl (C=O) groups excluding carboxylic acids is 1. The lowest BCUT2D eigenvalue weighted by atomic mass is 10.1. The summed E-state index contributed by atoms with van der Waals surface area (Å²) in [6.07, 6.45) is 0.648. The highest BCUT2D eigenvalue weighted by atomic mass is 19.1. The Labute approximate surface area is 151 Å². The first-order chi connectivity index (χ1) is 12.5. The monoisotopic (exact) mass is 358 g/mol. The second kappa shape index (κ2) is 7.68. The molecule has 0 spiro atoms. The summed E-state index contributed by atoms with van der Waals surface area (Å²) < 4.78 is 13.9. The van der Waals surface area contributed by atoms with Crippen LogP contribution in [0.25, 0.3) is 0 Å². The predicted octanol–water partition coefficient (Wildman–Crippen LogP) is 1.81. The van der Waals surface area contributed by atoms with Crippen molar-refractivity contribution < 1.29 is 9.18 Å². The molecule has 1 fully saturated rings. The van der Waals surface area contributed by atoms with Crippen LogP contribution >= 0.6 is 0 Å². The molecular formula is C19H23FN4O2. The largest absolute Gasteiger partial charge is 0.366 e. The summed E-state index contributed by atoms with van der Waals surface area (Å²) in [5.74, 6) is 0.346. The van der Waals surface area contributed by atoms with E-state index in [-0.39, 0.29) is 23.7 Å². The standard InChI is InChI=1S/C19H23FN4O2/c1-13-15(19(26)22-14(2)21-13)7-8-18(25)24-11-9-23(10-12-24)17-6-4-3-5-16(17)20/h3-6H,7-12H2,1-2H3,(H,21,22,26). The minimum atomic E-state index is -0.242. The number of para-hydroxylation sites is 1. The van der Waals surface area contributed by atoms with Crippen molar-refractivity contribution in [1.29, 1.82) is 0 Å². The van der Waals surface area contributed by atoms with E-state index in [0.717, 1.165) is 0 Å². The molecule has 2 aromatic rings. The molecule has 0 radical (unpaired) electrons. The van der Waals surface area contributed by atoms with E-state index in [9.17, 15) is 14.0 Å². The Bertz CT molecular complexity index is 857. The number of amides is 1. The Hall–Kier alpha value is -2.70. The normalized spacial score (nSPS) is 14.6. The molecule has 0 bridgehead atoms. The molecule has 0 saturated carbocycles. The average Bonchev–Trinajstić information content (AvgIpc) is 2.61. The third-order valence-corrected chi connectivity index (χ3v) is 4.76. The smallest absolute Gasteiger partial charge is 0.254 e. The fourth-order valence-electron chi connectivity index (χ4n) is 3.34. The zero-order valence-electron chi connectivity index (χ0n) is 15.1. The molecular weight excluding hydrogens is 335 g/mol. The molecule has 0 unspecified atom stereocenters. The minimum Gasteiger partial charge on any atom is -0.366 e. The summed E-state index contributed by atoms with van der Waals surface area (Å²) in [5.41, 5.74) is 1.64. The van der Waals surface area contributed by atoms with Gasteiger partial charge in [-0.15, -0.1) is 0 Å². The van der Waals surface area contributed by atoms with Gasteiger partial charge in [0.25, 0.3) is 5.56 Å². The third-order valence-electron chi connectivity index (χ3n) is 4.76. The summed E-state index contributed by atoms with van der Waals surface area (Å²) in [7, 11) is 0. The minimum absolute atomic E-state index is 0.0116. The van der Waals surface area contributed by atoms with Gasteiger partial charge in [0.2, 0.25) is 5.91 Å². The molecule has 0 atom stereocenters. The number of hydrogen-bond acceptors (Lipinski definition) is 4. The van der Waals surface area contributed by atoms with E-state index in [1.165, 1.54) is 6.07 Å². The van der Waals surface area contributed by atoms with Crippen LogP contribution in [0.4, 0.5) is 10.1 Å². The fourth-order valence-corrected chi connectivity index (χ4v) is 3.34. The van der Waals surface area contributed by atoms with Gasteiger partial charge in [0.05, 0.1) is 5.69 Å². The van der Waals surface area contributed by atoms with E-state index in [0.29, 0.717) is 55.4 Å². The van der Waals surface area contributed by atoms with Crippen LogP contribution in [0, 0.1) is 19.7 Å².